The Morgan fingerprint density at radius 2 is 2.00 bits per heavy atom. The van der Waals surface area contributed by atoms with E-state index in [2.05, 4.69) is 30.3 Å². The minimum absolute atomic E-state index is 0.0176. The summed E-state index contributed by atoms with van der Waals surface area (Å²) >= 11 is 0. The van der Waals surface area contributed by atoms with Crippen LogP contribution in [-0.4, -0.2) is 60.8 Å². The van der Waals surface area contributed by atoms with E-state index in [9.17, 15) is 14.4 Å². The molecule has 8 nitrogen and oxygen atoms in total. The summed E-state index contributed by atoms with van der Waals surface area (Å²) in [6, 6.07) is 6.59. The summed E-state index contributed by atoms with van der Waals surface area (Å²) in [7, 11) is 2.14. The van der Waals surface area contributed by atoms with Crippen molar-refractivity contribution in [3.63, 3.8) is 0 Å². The van der Waals surface area contributed by atoms with E-state index in [4.69, 9.17) is 14.6 Å². The lowest BCUT2D eigenvalue weighted by Crippen LogP contribution is -2.44. The Bertz CT molecular complexity index is 796. The van der Waals surface area contributed by atoms with E-state index in [1.165, 1.54) is 6.42 Å². The van der Waals surface area contributed by atoms with Crippen LogP contribution in [0.4, 0.5) is 4.79 Å². The summed E-state index contributed by atoms with van der Waals surface area (Å²) in [6.07, 6.45) is 3.39. The molecule has 2 N–H and O–H groups in total. The number of ether oxygens (including phenoxy) is 2. The van der Waals surface area contributed by atoms with Gasteiger partial charge in [-0.3, -0.25) is 4.79 Å². The van der Waals surface area contributed by atoms with Crippen LogP contribution >= 0.6 is 0 Å². The third-order valence-corrected chi connectivity index (χ3v) is 6.14. The molecule has 1 fully saturated rings. The molecular formula is C24H36N2O6. The van der Waals surface area contributed by atoms with Crippen molar-refractivity contribution in [1.82, 2.24) is 10.2 Å². The maximum absolute atomic E-state index is 12.1. The molecule has 8 heteroatoms. The van der Waals surface area contributed by atoms with Gasteiger partial charge in [-0.1, -0.05) is 39.3 Å². The molecule has 0 aromatic heterocycles. The van der Waals surface area contributed by atoms with E-state index in [1.54, 1.807) is 19.9 Å². The number of carbonyl (C=O) groups is 3. The highest BCUT2D eigenvalue weighted by molar-refractivity contribution is 5.83. The van der Waals surface area contributed by atoms with Crippen LogP contribution in [0.5, 0.6) is 5.75 Å². The second-order valence-electron chi connectivity index (χ2n) is 8.93. The number of amides is 1. The van der Waals surface area contributed by atoms with Crippen molar-refractivity contribution in [2.45, 2.75) is 64.3 Å². The summed E-state index contributed by atoms with van der Waals surface area (Å²) < 4.78 is 10.3. The van der Waals surface area contributed by atoms with Crippen LogP contribution in [0.1, 0.15) is 58.4 Å². The van der Waals surface area contributed by atoms with Crippen molar-refractivity contribution in [1.29, 1.82) is 0 Å². The van der Waals surface area contributed by atoms with Gasteiger partial charge in [0.1, 0.15) is 18.4 Å². The second kappa shape index (κ2) is 11.9. The van der Waals surface area contributed by atoms with Gasteiger partial charge in [-0.05, 0) is 56.5 Å². The number of rotatable bonds is 9. The quantitative estimate of drug-likeness (QED) is 0.439. The van der Waals surface area contributed by atoms with Gasteiger partial charge in [0.15, 0.2) is 0 Å². The molecule has 2 atom stereocenters. The summed E-state index contributed by atoms with van der Waals surface area (Å²) in [5.41, 5.74) is 1.16. The van der Waals surface area contributed by atoms with Gasteiger partial charge in [0.2, 0.25) is 5.91 Å². The SMILES string of the molecule is CCC1(c2cccc(OC(=O)OCCC(=O)NC(C(=O)O)C(C)C)c2)CCCCN(C)C1. The molecule has 1 heterocycles. The first-order chi connectivity index (χ1) is 15.2. The molecule has 0 radical (unpaired) electrons. The van der Waals surface area contributed by atoms with E-state index >= 15 is 0 Å². The number of nitrogens with one attached hydrogen (secondary N) is 1. The number of hydrogen-bond acceptors (Lipinski definition) is 6. The standard InChI is InChI=1S/C24H36N2O6/c1-5-24(12-6-7-13-26(4)16-24)18-9-8-10-19(15-18)32-23(30)31-14-11-20(27)25-21(17(2)3)22(28)29/h8-10,15,17,21H,5-7,11-14,16H2,1-4H3,(H,25,27)(H,28,29). The Labute approximate surface area is 190 Å². The first-order valence-corrected chi connectivity index (χ1v) is 11.3. The zero-order valence-corrected chi connectivity index (χ0v) is 19.6. The monoisotopic (exact) mass is 448 g/mol. The molecule has 2 unspecified atom stereocenters. The van der Waals surface area contributed by atoms with Crippen molar-refractivity contribution in [2.24, 2.45) is 5.92 Å². The number of aliphatic carboxylic acids is 1. The first-order valence-electron chi connectivity index (χ1n) is 11.3. The second-order valence-corrected chi connectivity index (χ2v) is 8.93. The van der Waals surface area contributed by atoms with Crippen molar-refractivity contribution in [3.05, 3.63) is 29.8 Å². The van der Waals surface area contributed by atoms with Gasteiger partial charge in [-0.15, -0.1) is 0 Å². The maximum Gasteiger partial charge on any atom is 0.513 e. The fourth-order valence-corrected chi connectivity index (χ4v) is 4.25. The fourth-order valence-electron chi connectivity index (χ4n) is 4.25. The number of carboxylic acids is 1. The molecular weight excluding hydrogens is 412 g/mol. The lowest BCUT2D eigenvalue weighted by Gasteiger charge is -2.35. The Morgan fingerprint density at radius 1 is 1.25 bits per heavy atom. The Balaban J connectivity index is 1.91. The summed E-state index contributed by atoms with van der Waals surface area (Å²) in [4.78, 5) is 37.6. The van der Waals surface area contributed by atoms with Gasteiger partial charge < -0.3 is 24.8 Å². The van der Waals surface area contributed by atoms with Gasteiger partial charge >= 0.3 is 12.1 Å². The summed E-state index contributed by atoms with van der Waals surface area (Å²) in [5, 5.41) is 11.6. The minimum atomic E-state index is -1.10. The van der Waals surface area contributed by atoms with Gasteiger partial charge in [0.25, 0.3) is 0 Å². The summed E-state index contributed by atoms with van der Waals surface area (Å²) in [5.74, 6) is -1.45. The van der Waals surface area contributed by atoms with Crippen LogP contribution in [0, 0.1) is 5.92 Å². The third-order valence-electron chi connectivity index (χ3n) is 6.14. The van der Waals surface area contributed by atoms with Gasteiger partial charge in [0.05, 0.1) is 6.42 Å². The third kappa shape index (κ3) is 7.22. The molecule has 0 bridgehead atoms. The molecule has 2 rings (SSSR count). The zero-order valence-electron chi connectivity index (χ0n) is 19.6. The highest BCUT2D eigenvalue weighted by Gasteiger charge is 2.33. The smallest absolute Gasteiger partial charge is 0.480 e. The van der Waals surface area contributed by atoms with Crippen LogP contribution in [0.15, 0.2) is 24.3 Å². The largest absolute Gasteiger partial charge is 0.513 e. The number of benzene rings is 1. The number of likely N-dealkylation sites (tertiary alicyclic amines) is 1. The normalized spacial score (nSPS) is 20.3. The lowest BCUT2D eigenvalue weighted by molar-refractivity contribution is -0.143. The number of carboxylic acid groups (broad SMARTS) is 1. The van der Waals surface area contributed by atoms with Crippen LogP contribution < -0.4 is 10.1 Å². The first kappa shape index (κ1) is 25.6. The number of nitrogens with zero attached hydrogens (tertiary/aromatic N) is 1. The summed E-state index contributed by atoms with van der Waals surface area (Å²) in [6.45, 7) is 7.45. The van der Waals surface area contributed by atoms with E-state index in [0.29, 0.717) is 5.75 Å². The Kier molecular flexibility index (Phi) is 9.50. The molecule has 1 aromatic rings. The minimum Gasteiger partial charge on any atom is -0.480 e. The van der Waals surface area contributed by atoms with E-state index in [1.807, 2.05) is 12.1 Å². The highest BCUT2D eigenvalue weighted by Crippen LogP contribution is 2.37. The van der Waals surface area contributed by atoms with Crippen molar-refractivity contribution >= 4 is 18.0 Å². The van der Waals surface area contributed by atoms with Crippen LogP contribution in [0.2, 0.25) is 0 Å². The van der Waals surface area contributed by atoms with Crippen LogP contribution in [0.3, 0.4) is 0 Å². The van der Waals surface area contributed by atoms with Crippen molar-refractivity contribution in [2.75, 3.05) is 26.7 Å². The average Bonchev–Trinajstić information content (AvgIpc) is 2.93. The lowest BCUT2D eigenvalue weighted by atomic mass is 9.74. The molecule has 0 spiro atoms. The molecule has 1 aliphatic rings. The van der Waals surface area contributed by atoms with E-state index in [-0.39, 0.29) is 24.4 Å². The zero-order chi connectivity index (χ0) is 23.7. The predicted molar refractivity (Wildman–Crippen MR) is 121 cm³/mol. The predicted octanol–water partition coefficient (Wildman–Crippen LogP) is 3.58. The average molecular weight is 449 g/mol. The molecule has 0 saturated carbocycles. The fraction of sp³-hybridized carbons (Fsp3) is 0.625. The van der Waals surface area contributed by atoms with Crippen molar-refractivity contribution in [3.8, 4) is 5.75 Å². The number of hydrogen-bond donors (Lipinski definition) is 2. The van der Waals surface area contributed by atoms with Gasteiger partial charge in [0, 0.05) is 12.0 Å². The number of likely N-dealkylation sites (N-methyl/N-ethyl adjacent to an activating group) is 1. The van der Waals surface area contributed by atoms with E-state index in [0.717, 1.165) is 37.9 Å². The molecule has 32 heavy (non-hydrogen) atoms. The number of carbonyl (C=O) groups excluding carboxylic acids is 2. The Morgan fingerprint density at radius 3 is 2.66 bits per heavy atom. The highest BCUT2D eigenvalue weighted by atomic mass is 16.7. The van der Waals surface area contributed by atoms with Gasteiger partial charge in [-0.25, -0.2) is 9.59 Å². The van der Waals surface area contributed by atoms with E-state index < -0.39 is 24.1 Å². The van der Waals surface area contributed by atoms with Crippen LogP contribution in [-0.2, 0) is 19.7 Å². The molecule has 1 aliphatic heterocycles. The Hall–Kier alpha value is -2.61. The topological polar surface area (TPSA) is 105 Å². The molecule has 178 valence electrons. The molecule has 0 aliphatic carbocycles. The van der Waals surface area contributed by atoms with Crippen molar-refractivity contribution < 1.29 is 29.0 Å². The van der Waals surface area contributed by atoms with Gasteiger partial charge in [-0.2, -0.15) is 0 Å². The molecule has 1 saturated heterocycles. The molecule has 1 amide bonds. The molecule has 1 aromatic carbocycles. The maximum atomic E-state index is 12.1. The van der Waals surface area contributed by atoms with Crippen LogP contribution in [0.25, 0.3) is 0 Å².